The van der Waals surface area contributed by atoms with Gasteiger partial charge in [-0.3, -0.25) is 0 Å². The topological polar surface area (TPSA) is 6.48 Å². The highest BCUT2D eigenvalue weighted by molar-refractivity contribution is 5.68. The van der Waals surface area contributed by atoms with E-state index in [-0.39, 0.29) is 5.41 Å². The largest absolute Gasteiger partial charge is 0.361 e. The Kier molecular flexibility index (Phi) is 7.18. The number of rotatable bonds is 5. The molecule has 0 radical (unpaired) electrons. The van der Waals surface area contributed by atoms with E-state index in [0.29, 0.717) is 30.0 Å². The molecule has 6 atom stereocenters. The molecule has 0 bridgehead atoms. The van der Waals surface area contributed by atoms with Gasteiger partial charge < -0.3 is 9.80 Å². The van der Waals surface area contributed by atoms with Crippen molar-refractivity contribution in [2.45, 2.75) is 83.3 Å². The van der Waals surface area contributed by atoms with E-state index in [1.807, 2.05) is 0 Å². The van der Waals surface area contributed by atoms with Gasteiger partial charge in [-0.15, -0.1) is 0 Å². The molecule has 7 aliphatic rings. The van der Waals surface area contributed by atoms with Gasteiger partial charge in [0.05, 0.1) is 12.1 Å². The maximum Gasteiger partial charge on any atom is 0.0563 e. The normalized spacial score (nSPS) is 31.7. The van der Waals surface area contributed by atoms with E-state index in [4.69, 9.17) is 0 Å². The van der Waals surface area contributed by atoms with Crippen LogP contribution >= 0.6 is 0 Å². The molecule has 1 aliphatic heterocycles. The minimum Gasteiger partial charge on any atom is -0.361 e. The second-order valence-electron chi connectivity index (χ2n) is 15.3. The van der Waals surface area contributed by atoms with E-state index in [1.165, 1.54) is 71.5 Å². The van der Waals surface area contributed by atoms with Gasteiger partial charge in [-0.25, -0.2) is 0 Å². The number of hydrogen-bond acceptors (Lipinski definition) is 2. The quantitative estimate of drug-likeness (QED) is 0.330. The van der Waals surface area contributed by atoms with Crippen molar-refractivity contribution in [3.05, 3.63) is 155 Å². The van der Waals surface area contributed by atoms with E-state index in [1.54, 1.807) is 5.57 Å². The number of allylic oxidation sites excluding steroid dienone is 11. The standard InChI is InChI=1S/C45H48N2/c1-45(2)41-19-11-9-17-37(41)38-27-26-36(30-42(38)45)46(33-13-5-3-6-14-33)35-24-21-31(22-25-35)32-23-28-44-40(29-32)39-18-10-12-20-43(39)47(44)34-15-7-4-8-16-34/h3-8,11,13-16,19,21,23-25,27-31,36,39-40,43-44H,9-10,12,17-18,20,22,26H2,1-2H3. The van der Waals surface area contributed by atoms with Crippen molar-refractivity contribution in [2.24, 2.45) is 23.2 Å². The molecule has 9 rings (SSSR count). The number of hydrogen-bond donors (Lipinski definition) is 0. The molecule has 0 N–H and O–H groups in total. The van der Waals surface area contributed by atoms with Crippen molar-refractivity contribution in [3.63, 3.8) is 0 Å². The zero-order valence-corrected chi connectivity index (χ0v) is 28.1. The molecule has 1 saturated heterocycles. The van der Waals surface area contributed by atoms with Gasteiger partial charge in [0.2, 0.25) is 0 Å². The Balaban J connectivity index is 0.986. The van der Waals surface area contributed by atoms with Crippen LogP contribution in [0.15, 0.2) is 155 Å². The summed E-state index contributed by atoms with van der Waals surface area (Å²) >= 11 is 0. The van der Waals surface area contributed by atoms with Crippen molar-refractivity contribution >= 4 is 11.4 Å². The van der Waals surface area contributed by atoms with Gasteiger partial charge in [0.15, 0.2) is 0 Å². The Hall–Kier alpha value is -4.04. The number of fused-ring (bicyclic) bond motifs is 5. The monoisotopic (exact) mass is 616 g/mol. The first-order chi connectivity index (χ1) is 23.1. The predicted molar refractivity (Wildman–Crippen MR) is 197 cm³/mol. The van der Waals surface area contributed by atoms with Crippen LogP contribution in [0.1, 0.15) is 65.2 Å². The third kappa shape index (κ3) is 4.82. The fourth-order valence-corrected chi connectivity index (χ4v) is 10.3. The summed E-state index contributed by atoms with van der Waals surface area (Å²) in [6, 6.07) is 23.7. The summed E-state index contributed by atoms with van der Waals surface area (Å²) in [6.45, 7) is 4.86. The van der Waals surface area contributed by atoms with Crippen LogP contribution < -0.4 is 9.80 Å². The molecular formula is C45H48N2. The second kappa shape index (κ2) is 11.6. The number of para-hydroxylation sites is 2. The van der Waals surface area contributed by atoms with Gasteiger partial charge in [-0.05, 0) is 103 Å². The van der Waals surface area contributed by atoms with E-state index < -0.39 is 0 Å². The van der Waals surface area contributed by atoms with Crippen LogP contribution in [0.25, 0.3) is 0 Å². The molecule has 238 valence electrons. The van der Waals surface area contributed by atoms with Gasteiger partial charge >= 0.3 is 0 Å². The molecule has 2 nitrogen and oxygen atoms in total. The predicted octanol–water partition coefficient (Wildman–Crippen LogP) is 10.8. The van der Waals surface area contributed by atoms with Gasteiger partial charge in [0, 0.05) is 40.4 Å². The summed E-state index contributed by atoms with van der Waals surface area (Å²) in [5, 5.41) is 0. The maximum absolute atomic E-state index is 2.77. The fraction of sp³-hybridized carbons (Fsp3) is 0.378. The first-order valence-electron chi connectivity index (χ1n) is 18.4. The van der Waals surface area contributed by atoms with Crippen LogP contribution in [-0.4, -0.2) is 18.1 Å². The summed E-state index contributed by atoms with van der Waals surface area (Å²) in [6.07, 6.45) is 35.0. The average Bonchev–Trinajstić information content (AvgIpc) is 3.58. The highest BCUT2D eigenvalue weighted by Crippen LogP contribution is 2.55. The van der Waals surface area contributed by atoms with Crippen molar-refractivity contribution in [1.29, 1.82) is 0 Å². The van der Waals surface area contributed by atoms with Crippen LogP contribution in [0, 0.1) is 23.2 Å². The Labute approximate surface area is 281 Å². The van der Waals surface area contributed by atoms with Crippen LogP contribution in [0.2, 0.25) is 0 Å². The highest BCUT2D eigenvalue weighted by atomic mass is 15.2. The molecule has 2 aromatic rings. The Bertz CT molecular complexity index is 1790. The molecule has 2 heteroatoms. The first kappa shape index (κ1) is 29.1. The molecule has 2 fully saturated rings. The van der Waals surface area contributed by atoms with Crippen molar-refractivity contribution < 1.29 is 0 Å². The molecule has 6 unspecified atom stereocenters. The van der Waals surface area contributed by atoms with Crippen LogP contribution in [0.3, 0.4) is 0 Å². The van der Waals surface area contributed by atoms with Crippen molar-refractivity contribution in [1.82, 2.24) is 0 Å². The molecule has 2 aromatic carbocycles. The lowest BCUT2D eigenvalue weighted by atomic mass is 9.74. The van der Waals surface area contributed by atoms with E-state index in [9.17, 15) is 0 Å². The number of anilines is 2. The lowest BCUT2D eigenvalue weighted by Gasteiger charge is -2.38. The number of nitrogens with zero attached hydrogens (tertiary/aromatic N) is 2. The van der Waals surface area contributed by atoms with Crippen LogP contribution in [0.5, 0.6) is 0 Å². The van der Waals surface area contributed by atoms with E-state index in [0.717, 1.165) is 25.2 Å². The summed E-state index contributed by atoms with van der Waals surface area (Å²) < 4.78 is 0. The van der Waals surface area contributed by atoms with E-state index >= 15 is 0 Å². The summed E-state index contributed by atoms with van der Waals surface area (Å²) in [4.78, 5) is 5.38. The lowest BCUT2D eigenvalue weighted by Crippen LogP contribution is -2.38. The summed E-state index contributed by atoms with van der Waals surface area (Å²) in [5.41, 5.74) is 11.8. The minimum atomic E-state index is 0.0618. The Morgan fingerprint density at radius 2 is 1.62 bits per heavy atom. The van der Waals surface area contributed by atoms with Gasteiger partial charge in [-0.1, -0.05) is 118 Å². The average molecular weight is 617 g/mol. The maximum atomic E-state index is 2.77. The summed E-state index contributed by atoms with van der Waals surface area (Å²) in [7, 11) is 0. The molecule has 1 heterocycles. The first-order valence-corrected chi connectivity index (χ1v) is 18.4. The smallest absolute Gasteiger partial charge is 0.0563 e. The van der Waals surface area contributed by atoms with Crippen molar-refractivity contribution in [3.8, 4) is 0 Å². The lowest BCUT2D eigenvalue weighted by molar-refractivity contribution is 0.304. The third-order valence-electron chi connectivity index (χ3n) is 12.5. The molecular weight excluding hydrogens is 569 g/mol. The fourth-order valence-electron chi connectivity index (χ4n) is 10.3. The highest BCUT2D eigenvalue weighted by Gasteiger charge is 2.48. The summed E-state index contributed by atoms with van der Waals surface area (Å²) in [5.74, 6) is 1.81. The zero-order valence-electron chi connectivity index (χ0n) is 28.1. The molecule has 0 amide bonds. The van der Waals surface area contributed by atoms with Crippen molar-refractivity contribution in [2.75, 3.05) is 9.80 Å². The number of benzene rings is 2. The van der Waals surface area contributed by atoms with Gasteiger partial charge in [-0.2, -0.15) is 0 Å². The molecule has 6 aliphatic carbocycles. The molecule has 47 heavy (non-hydrogen) atoms. The van der Waals surface area contributed by atoms with Gasteiger partial charge in [0.25, 0.3) is 0 Å². The zero-order chi connectivity index (χ0) is 31.5. The van der Waals surface area contributed by atoms with Crippen LogP contribution in [0.4, 0.5) is 11.4 Å². The molecule has 0 spiro atoms. The minimum absolute atomic E-state index is 0.0618. The van der Waals surface area contributed by atoms with Crippen LogP contribution in [-0.2, 0) is 0 Å². The van der Waals surface area contributed by atoms with E-state index in [2.05, 4.69) is 145 Å². The Morgan fingerprint density at radius 1 is 0.809 bits per heavy atom. The Morgan fingerprint density at radius 3 is 2.43 bits per heavy atom. The second-order valence-corrected chi connectivity index (χ2v) is 15.3. The molecule has 0 aromatic heterocycles. The third-order valence-corrected chi connectivity index (χ3v) is 12.5. The molecule has 1 saturated carbocycles. The van der Waals surface area contributed by atoms with Gasteiger partial charge in [0.1, 0.15) is 0 Å². The SMILES string of the molecule is CC1(C)C2=CC(N(C3=CCC(C4=CC5C6CCCCC6N(c6ccccc6)C5C=C4)C=C3)c3ccccc3)CC=C2C2=C1C=CCC2.